The molecule has 1 aliphatic rings. The maximum absolute atomic E-state index is 13.0. The van der Waals surface area contributed by atoms with Crippen molar-refractivity contribution in [1.82, 2.24) is 19.0 Å². The molecule has 0 radical (unpaired) electrons. The van der Waals surface area contributed by atoms with Crippen molar-refractivity contribution in [1.29, 1.82) is 0 Å². The lowest BCUT2D eigenvalue weighted by atomic mass is 9.96. The van der Waals surface area contributed by atoms with E-state index in [0.29, 0.717) is 44.8 Å². The second kappa shape index (κ2) is 10.4. The number of carbonyl (C=O) groups excluding carboxylic acids is 1. The molecule has 0 N–H and O–H groups in total. The number of rotatable bonds is 8. The average molecular weight is 483 g/mol. The van der Waals surface area contributed by atoms with Gasteiger partial charge in [0, 0.05) is 44.4 Å². The van der Waals surface area contributed by atoms with E-state index in [1.54, 1.807) is 49.5 Å². The number of nitrogens with zero attached hydrogens (tertiary/aromatic N) is 4. The van der Waals surface area contributed by atoms with Crippen LogP contribution in [0.5, 0.6) is 5.75 Å². The van der Waals surface area contributed by atoms with Crippen LogP contribution in [-0.2, 0) is 27.9 Å². The number of ether oxygens (including phenoxy) is 1. The number of hydrogen-bond donors (Lipinski definition) is 0. The van der Waals surface area contributed by atoms with Crippen LogP contribution >= 0.6 is 0 Å². The van der Waals surface area contributed by atoms with Gasteiger partial charge in [-0.1, -0.05) is 30.3 Å². The van der Waals surface area contributed by atoms with Gasteiger partial charge in [0.25, 0.3) is 0 Å². The number of aromatic nitrogens is 2. The Morgan fingerprint density at radius 3 is 2.38 bits per heavy atom. The number of hydrogen-bond acceptors (Lipinski definition) is 5. The van der Waals surface area contributed by atoms with Crippen LogP contribution in [0.1, 0.15) is 24.0 Å². The maximum Gasteiger partial charge on any atom is 0.243 e. The molecular weight excluding hydrogens is 452 g/mol. The lowest BCUT2D eigenvalue weighted by molar-refractivity contribution is -0.135. The van der Waals surface area contributed by atoms with Crippen molar-refractivity contribution in [2.75, 3.05) is 27.2 Å². The zero-order valence-electron chi connectivity index (χ0n) is 19.5. The monoisotopic (exact) mass is 482 g/mol. The van der Waals surface area contributed by atoms with Crippen molar-refractivity contribution in [3.8, 4) is 5.75 Å². The molecule has 34 heavy (non-hydrogen) atoms. The largest absolute Gasteiger partial charge is 0.497 e. The molecule has 0 atom stereocenters. The summed E-state index contributed by atoms with van der Waals surface area (Å²) in [7, 11) is -0.256. The van der Waals surface area contributed by atoms with E-state index in [9.17, 15) is 13.2 Å². The minimum Gasteiger partial charge on any atom is -0.497 e. The lowest BCUT2D eigenvalue weighted by Gasteiger charge is -2.32. The van der Waals surface area contributed by atoms with Crippen LogP contribution in [0.2, 0.25) is 0 Å². The summed E-state index contributed by atoms with van der Waals surface area (Å²) >= 11 is 0. The number of carbonyl (C=O) groups is 1. The Labute approximate surface area is 200 Å². The summed E-state index contributed by atoms with van der Waals surface area (Å²) in [4.78, 5) is 15.0. The summed E-state index contributed by atoms with van der Waals surface area (Å²) in [6, 6.07) is 16.5. The Hall–Kier alpha value is -3.17. The Bertz CT molecular complexity index is 1200. The van der Waals surface area contributed by atoms with Crippen molar-refractivity contribution in [3.05, 3.63) is 78.1 Å². The second-order valence-electron chi connectivity index (χ2n) is 8.58. The summed E-state index contributed by atoms with van der Waals surface area (Å²) in [6.45, 7) is 1.80. The molecule has 4 rings (SSSR count). The van der Waals surface area contributed by atoms with Gasteiger partial charge in [0.05, 0.1) is 24.7 Å². The smallest absolute Gasteiger partial charge is 0.243 e. The van der Waals surface area contributed by atoms with Crippen molar-refractivity contribution >= 4 is 15.9 Å². The highest BCUT2D eigenvalue weighted by Gasteiger charge is 2.33. The molecule has 0 bridgehead atoms. The summed E-state index contributed by atoms with van der Waals surface area (Å²) in [6.07, 6.45) is 4.76. The normalized spacial score (nSPS) is 15.2. The standard InChI is InChI=1S/C25H30N4O4S/c1-27(17-21-16-26-28(19-21)18-20-6-4-3-5-7-20)25(30)22-12-14-29(15-13-22)34(31,32)24-10-8-23(33-2)9-11-24/h3-11,16,19,22H,12-15,17-18H2,1-2H3. The summed E-state index contributed by atoms with van der Waals surface area (Å²) in [5.74, 6) is 0.459. The zero-order chi connectivity index (χ0) is 24.1. The topological polar surface area (TPSA) is 84.7 Å². The summed E-state index contributed by atoms with van der Waals surface area (Å²) in [5, 5.41) is 4.41. The predicted octanol–water partition coefficient (Wildman–Crippen LogP) is 3.00. The number of amides is 1. The molecule has 2 aromatic carbocycles. The van der Waals surface area contributed by atoms with Gasteiger partial charge in [0.1, 0.15) is 5.75 Å². The van der Waals surface area contributed by atoms with Gasteiger partial charge >= 0.3 is 0 Å². The molecule has 8 nitrogen and oxygen atoms in total. The van der Waals surface area contributed by atoms with Crippen LogP contribution in [0.3, 0.4) is 0 Å². The van der Waals surface area contributed by atoms with E-state index >= 15 is 0 Å². The van der Waals surface area contributed by atoms with Gasteiger partial charge in [-0.3, -0.25) is 9.48 Å². The van der Waals surface area contributed by atoms with E-state index in [-0.39, 0.29) is 16.7 Å². The number of piperidine rings is 1. The van der Waals surface area contributed by atoms with Gasteiger partial charge in [-0.25, -0.2) is 8.42 Å². The molecule has 0 saturated carbocycles. The number of sulfonamides is 1. The Morgan fingerprint density at radius 2 is 1.74 bits per heavy atom. The molecule has 3 aromatic rings. The molecule has 1 aromatic heterocycles. The fourth-order valence-corrected chi connectivity index (χ4v) is 5.72. The molecule has 180 valence electrons. The summed E-state index contributed by atoms with van der Waals surface area (Å²) < 4.78 is 34.3. The average Bonchev–Trinajstić information content (AvgIpc) is 3.30. The van der Waals surface area contributed by atoms with E-state index in [4.69, 9.17) is 4.74 Å². The first-order valence-electron chi connectivity index (χ1n) is 11.3. The van der Waals surface area contributed by atoms with Crippen LogP contribution in [-0.4, -0.2) is 60.6 Å². The molecule has 0 spiro atoms. The SMILES string of the molecule is COc1ccc(S(=O)(=O)N2CCC(C(=O)N(C)Cc3cnn(Cc4ccccc4)c3)CC2)cc1. The highest BCUT2D eigenvalue weighted by atomic mass is 32.2. The molecule has 1 aliphatic heterocycles. The Morgan fingerprint density at radius 1 is 1.06 bits per heavy atom. The minimum absolute atomic E-state index is 0.0392. The maximum atomic E-state index is 13.0. The molecule has 2 heterocycles. The first kappa shape index (κ1) is 24.0. The van der Waals surface area contributed by atoms with Crippen LogP contribution in [0.15, 0.2) is 71.9 Å². The second-order valence-corrected chi connectivity index (χ2v) is 10.5. The fraction of sp³-hybridized carbons (Fsp3) is 0.360. The molecule has 1 amide bonds. The van der Waals surface area contributed by atoms with Gasteiger partial charge in [0.15, 0.2) is 0 Å². The Kier molecular flexibility index (Phi) is 7.33. The zero-order valence-corrected chi connectivity index (χ0v) is 20.3. The van der Waals surface area contributed by atoms with E-state index in [1.165, 1.54) is 4.31 Å². The molecule has 0 unspecified atom stereocenters. The summed E-state index contributed by atoms with van der Waals surface area (Å²) in [5.41, 5.74) is 2.13. The predicted molar refractivity (Wildman–Crippen MR) is 129 cm³/mol. The fourth-order valence-electron chi connectivity index (χ4n) is 4.25. The van der Waals surface area contributed by atoms with Crippen molar-refractivity contribution in [2.45, 2.75) is 30.8 Å². The quantitative estimate of drug-likeness (QED) is 0.493. The third-order valence-electron chi connectivity index (χ3n) is 6.17. The van der Waals surface area contributed by atoms with Crippen molar-refractivity contribution in [3.63, 3.8) is 0 Å². The van der Waals surface area contributed by atoms with Crippen molar-refractivity contribution in [2.24, 2.45) is 5.92 Å². The Balaban J connectivity index is 1.30. The molecular formula is C25H30N4O4S. The van der Waals surface area contributed by atoms with Gasteiger partial charge < -0.3 is 9.64 Å². The van der Waals surface area contributed by atoms with Crippen LogP contribution < -0.4 is 4.74 Å². The van der Waals surface area contributed by atoms with Crippen molar-refractivity contribution < 1.29 is 17.9 Å². The third kappa shape index (κ3) is 5.48. The molecule has 1 saturated heterocycles. The van der Waals surface area contributed by atoms with E-state index in [0.717, 1.165) is 11.1 Å². The minimum atomic E-state index is -3.59. The molecule has 9 heteroatoms. The molecule has 0 aliphatic carbocycles. The molecule has 1 fully saturated rings. The van der Waals surface area contributed by atoms with Gasteiger partial charge in [0.2, 0.25) is 15.9 Å². The number of methoxy groups -OCH3 is 1. The first-order chi connectivity index (χ1) is 16.4. The van der Waals surface area contributed by atoms with E-state index in [1.807, 2.05) is 29.1 Å². The first-order valence-corrected chi connectivity index (χ1v) is 12.8. The van der Waals surface area contributed by atoms with E-state index in [2.05, 4.69) is 17.2 Å². The van der Waals surface area contributed by atoms with Gasteiger partial charge in [-0.15, -0.1) is 0 Å². The van der Waals surface area contributed by atoms with Gasteiger partial charge in [-0.2, -0.15) is 9.40 Å². The van der Waals surface area contributed by atoms with Crippen LogP contribution in [0.4, 0.5) is 0 Å². The van der Waals surface area contributed by atoms with Crippen LogP contribution in [0, 0.1) is 5.92 Å². The highest BCUT2D eigenvalue weighted by molar-refractivity contribution is 7.89. The highest BCUT2D eigenvalue weighted by Crippen LogP contribution is 2.26. The van der Waals surface area contributed by atoms with Crippen LogP contribution in [0.25, 0.3) is 0 Å². The van der Waals surface area contributed by atoms with E-state index < -0.39 is 10.0 Å². The number of benzene rings is 2. The lowest BCUT2D eigenvalue weighted by Crippen LogP contribution is -2.43. The third-order valence-corrected chi connectivity index (χ3v) is 8.08. The van der Waals surface area contributed by atoms with Gasteiger partial charge in [-0.05, 0) is 42.7 Å².